The van der Waals surface area contributed by atoms with Crippen LogP contribution < -0.4 is 5.32 Å². The highest BCUT2D eigenvalue weighted by atomic mass is 32.2. The van der Waals surface area contributed by atoms with Crippen molar-refractivity contribution in [3.05, 3.63) is 0 Å². The predicted molar refractivity (Wildman–Crippen MR) is 49.1 cm³/mol. The highest BCUT2D eigenvalue weighted by Gasteiger charge is 2.14. The molecule has 1 rings (SSSR count). The van der Waals surface area contributed by atoms with Gasteiger partial charge in [0.15, 0.2) is 0 Å². The van der Waals surface area contributed by atoms with E-state index in [9.17, 15) is 4.21 Å². The Bertz CT molecular complexity index is 132. The van der Waals surface area contributed by atoms with E-state index in [4.69, 9.17) is 0 Å². The molecule has 0 aliphatic carbocycles. The van der Waals surface area contributed by atoms with Crippen LogP contribution in [0.3, 0.4) is 0 Å². The molecule has 1 heterocycles. The Balaban J connectivity index is 2.19. The van der Waals surface area contributed by atoms with Crippen LogP contribution in [0, 0.1) is 5.92 Å². The van der Waals surface area contributed by atoms with Crippen molar-refractivity contribution >= 4 is 10.8 Å². The molecule has 66 valence electrons. The monoisotopic (exact) mass is 175 g/mol. The van der Waals surface area contributed by atoms with E-state index >= 15 is 0 Å². The summed E-state index contributed by atoms with van der Waals surface area (Å²) in [5.41, 5.74) is 0. The van der Waals surface area contributed by atoms with Gasteiger partial charge in [-0.05, 0) is 31.8 Å². The highest BCUT2D eigenvalue weighted by molar-refractivity contribution is 7.84. The summed E-state index contributed by atoms with van der Waals surface area (Å²) in [5.74, 6) is 2.39. The van der Waals surface area contributed by atoms with Gasteiger partial charge in [-0.3, -0.25) is 4.21 Å². The number of nitrogens with one attached hydrogen (secondary N) is 1. The Morgan fingerprint density at radius 2 is 2.45 bits per heavy atom. The van der Waals surface area contributed by atoms with Gasteiger partial charge in [-0.2, -0.15) is 0 Å². The smallest absolute Gasteiger partial charge is 0.0275 e. The maximum Gasteiger partial charge on any atom is 0.0275 e. The third-order valence-electron chi connectivity index (χ3n) is 2.14. The summed E-state index contributed by atoms with van der Waals surface area (Å²) >= 11 is 0. The summed E-state index contributed by atoms with van der Waals surface area (Å²) in [4.78, 5) is 0. The molecule has 1 aliphatic heterocycles. The molecule has 1 aliphatic rings. The van der Waals surface area contributed by atoms with Crippen molar-refractivity contribution in [2.75, 3.05) is 24.6 Å². The number of hydrogen-bond donors (Lipinski definition) is 1. The van der Waals surface area contributed by atoms with Crippen LogP contribution in [0.4, 0.5) is 0 Å². The van der Waals surface area contributed by atoms with E-state index in [0.717, 1.165) is 24.6 Å². The first-order valence-electron chi connectivity index (χ1n) is 4.38. The van der Waals surface area contributed by atoms with Gasteiger partial charge in [0, 0.05) is 22.3 Å². The van der Waals surface area contributed by atoms with Crippen molar-refractivity contribution in [3.63, 3.8) is 0 Å². The maximum atomic E-state index is 11.2. The normalized spacial score (nSPS) is 28.3. The van der Waals surface area contributed by atoms with Gasteiger partial charge in [-0.15, -0.1) is 0 Å². The Morgan fingerprint density at radius 1 is 1.64 bits per heavy atom. The molecule has 2 atom stereocenters. The minimum atomic E-state index is -0.565. The topological polar surface area (TPSA) is 29.1 Å². The lowest BCUT2D eigenvalue weighted by atomic mass is 10.0. The standard InChI is InChI=1S/C8H17NOS/c1-2-11(10)7-8-4-3-5-9-6-8/h8-9H,2-7H2,1H3. The summed E-state index contributed by atoms with van der Waals surface area (Å²) < 4.78 is 11.2. The fourth-order valence-corrected chi connectivity index (χ4v) is 2.49. The second-order valence-corrected chi connectivity index (χ2v) is 4.90. The summed E-state index contributed by atoms with van der Waals surface area (Å²) in [7, 11) is -0.565. The van der Waals surface area contributed by atoms with Gasteiger partial charge >= 0.3 is 0 Å². The van der Waals surface area contributed by atoms with E-state index in [2.05, 4.69) is 5.32 Å². The Morgan fingerprint density at radius 3 is 3.00 bits per heavy atom. The molecule has 0 aromatic rings. The molecule has 0 aromatic heterocycles. The van der Waals surface area contributed by atoms with Crippen molar-refractivity contribution in [2.24, 2.45) is 5.92 Å². The zero-order valence-corrected chi connectivity index (χ0v) is 7.95. The second-order valence-electron chi connectivity index (χ2n) is 3.11. The van der Waals surface area contributed by atoms with Gasteiger partial charge in [0.1, 0.15) is 0 Å². The van der Waals surface area contributed by atoms with Crippen molar-refractivity contribution in [1.29, 1.82) is 0 Å². The molecule has 0 saturated carbocycles. The first-order valence-corrected chi connectivity index (χ1v) is 5.87. The average Bonchev–Trinajstić information content (AvgIpc) is 2.06. The molecule has 0 spiro atoms. The van der Waals surface area contributed by atoms with Crippen molar-refractivity contribution in [1.82, 2.24) is 5.32 Å². The van der Waals surface area contributed by atoms with E-state index in [0.29, 0.717) is 5.92 Å². The fourth-order valence-electron chi connectivity index (χ4n) is 1.45. The van der Waals surface area contributed by atoms with Crippen LogP contribution in [0.15, 0.2) is 0 Å². The number of rotatable bonds is 3. The largest absolute Gasteiger partial charge is 0.316 e. The van der Waals surface area contributed by atoms with E-state index in [-0.39, 0.29) is 0 Å². The van der Waals surface area contributed by atoms with Crippen LogP contribution >= 0.6 is 0 Å². The maximum absolute atomic E-state index is 11.2. The van der Waals surface area contributed by atoms with E-state index < -0.39 is 10.8 Å². The first kappa shape index (κ1) is 9.20. The van der Waals surface area contributed by atoms with Gasteiger partial charge in [0.2, 0.25) is 0 Å². The zero-order valence-electron chi connectivity index (χ0n) is 7.14. The second kappa shape index (κ2) is 4.88. The van der Waals surface area contributed by atoms with Crippen molar-refractivity contribution in [2.45, 2.75) is 19.8 Å². The molecular weight excluding hydrogens is 158 g/mol. The molecule has 2 unspecified atom stereocenters. The van der Waals surface area contributed by atoms with Gasteiger partial charge in [-0.25, -0.2) is 0 Å². The van der Waals surface area contributed by atoms with Crippen molar-refractivity contribution < 1.29 is 4.21 Å². The SMILES string of the molecule is CCS(=O)CC1CCCNC1. The van der Waals surface area contributed by atoms with Crippen molar-refractivity contribution in [3.8, 4) is 0 Å². The molecule has 1 saturated heterocycles. The van der Waals surface area contributed by atoms with Crippen LogP contribution in [0.2, 0.25) is 0 Å². The molecular formula is C8H17NOS. The fraction of sp³-hybridized carbons (Fsp3) is 1.00. The van der Waals surface area contributed by atoms with Crippen LogP contribution in [0.25, 0.3) is 0 Å². The van der Waals surface area contributed by atoms with Gasteiger partial charge < -0.3 is 5.32 Å². The molecule has 1 N–H and O–H groups in total. The molecule has 0 radical (unpaired) electrons. The third-order valence-corrected chi connectivity index (χ3v) is 3.63. The highest BCUT2D eigenvalue weighted by Crippen LogP contribution is 2.10. The number of piperidine rings is 1. The van der Waals surface area contributed by atoms with E-state index in [1.165, 1.54) is 12.8 Å². The van der Waals surface area contributed by atoms with Gasteiger partial charge in [-0.1, -0.05) is 6.92 Å². The molecule has 3 heteroatoms. The van der Waals surface area contributed by atoms with Crippen LogP contribution in [0.1, 0.15) is 19.8 Å². The first-order chi connectivity index (χ1) is 5.33. The molecule has 2 nitrogen and oxygen atoms in total. The third kappa shape index (κ3) is 3.34. The molecule has 0 bridgehead atoms. The molecule has 0 aromatic carbocycles. The zero-order chi connectivity index (χ0) is 8.10. The molecule has 0 amide bonds. The Hall–Kier alpha value is 0.110. The lowest BCUT2D eigenvalue weighted by Gasteiger charge is -2.21. The van der Waals surface area contributed by atoms with E-state index in [1.807, 2.05) is 6.92 Å². The quantitative estimate of drug-likeness (QED) is 0.686. The summed E-state index contributed by atoms with van der Waals surface area (Å²) in [6.07, 6.45) is 2.52. The average molecular weight is 175 g/mol. The van der Waals surface area contributed by atoms with Gasteiger partial charge in [0.05, 0.1) is 0 Å². The van der Waals surface area contributed by atoms with Gasteiger partial charge in [0.25, 0.3) is 0 Å². The molecule has 11 heavy (non-hydrogen) atoms. The predicted octanol–water partition coefficient (Wildman–Crippen LogP) is 0.755. The minimum Gasteiger partial charge on any atom is -0.316 e. The summed E-state index contributed by atoms with van der Waals surface area (Å²) in [6.45, 7) is 4.22. The summed E-state index contributed by atoms with van der Waals surface area (Å²) in [6, 6.07) is 0. The molecule has 1 fully saturated rings. The lowest BCUT2D eigenvalue weighted by molar-refractivity contribution is 0.408. The lowest BCUT2D eigenvalue weighted by Crippen LogP contribution is -2.32. The van der Waals surface area contributed by atoms with Crippen LogP contribution in [-0.4, -0.2) is 28.8 Å². The van der Waals surface area contributed by atoms with Crippen LogP contribution in [-0.2, 0) is 10.8 Å². The summed E-state index contributed by atoms with van der Waals surface area (Å²) in [5, 5.41) is 3.33. The Kier molecular flexibility index (Phi) is 4.08. The van der Waals surface area contributed by atoms with E-state index in [1.54, 1.807) is 0 Å². The Labute approximate surface area is 71.2 Å². The van der Waals surface area contributed by atoms with Crippen LogP contribution in [0.5, 0.6) is 0 Å². The number of hydrogen-bond acceptors (Lipinski definition) is 2. The minimum absolute atomic E-state index is 0.565.